The van der Waals surface area contributed by atoms with E-state index in [0.29, 0.717) is 20.8 Å². The van der Waals surface area contributed by atoms with E-state index in [4.69, 9.17) is 9.31 Å². The number of thiophene rings is 3. The van der Waals surface area contributed by atoms with E-state index >= 15 is 0 Å². The third-order valence-corrected chi connectivity index (χ3v) is 29.3. The van der Waals surface area contributed by atoms with Crippen molar-refractivity contribution >= 4 is 245 Å². The predicted molar refractivity (Wildman–Crippen MR) is 506 cm³/mol. The number of rotatable bonds is 7. The third kappa shape index (κ3) is 13.6. The van der Waals surface area contributed by atoms with E-state index in [1.807, 2.05) is 89.4 Å². The third-order valence-electron chi connectivity index (χ3n) is 22.7. The van der Waals surface area contributed by atoms with Gasteiger partial charge in [0.05, 0.1) is 57.6 Å². The van der Waals surface area contributed by atoms with Crippen LogP contribution in [0.3, 0.4) is 0 Å². The fourth-order valence-corrected chi connectivity index (χ4v) is 23.0. The number of benzene rings is 18. The maximum absolute atomic E-state index is 12.2. The van der Waals surface area contributed by atoms with Crippen molar-refractivity contribution in [2.45, 2.75) is 38.9 Å². The smallest absolute Gasteiger partial charge is 0.399 e. The lowest BCUT2D eigenvalue weighted by atomic mass is 9.75. The summed E-state index contributed by atoms with van der Waals surface area (Å²) in [5.74, 6) is 0. The first-order chi connectivity index (χ1) is 57.1. The molecule has 0 bridgehead atoms. The highest BCUT2D eigenvalue weighted by Gasteiger charge is 2.52. The van der Waals surface area contributed by atoms with Crippen molar-refractivity contribution in [2.24, 2.45) is 0 Å². The van der Waals surface area contributed by atoms with E-state index in [1.165, 1.54) is 126 Å². The Kier molecular flexibility index (Phi) is 19.8. The zero-order chi connectivity index (χ0) is 79.6. The van der Waals surface area contributed by atoms with Gasteiger partial charge < -0.3 is 14.3 Å². The fraction of sp³-hybridized carbons (Fsp3) is 0.0588. The molecule has 0 atom stereocenters. The molecule has 1 aliphatic rings. The number of hydrogen-bond donors (Lipinski definition) is 1. The van der Waals surface area contributed by atoms with Crippen LogP contribution in [0.1, 0.15) is 27.7 Å². The standard InChI is InChI=1S/C26H15NO2S.C26H15NS.C22H21BO2S.C18H15P.C10H6BrNO2/c28-27(29)26-17-8-2-1-7-16(17)13-14-20(26)22-15-24-25(19-10-4-3-9-18(19)22)21-11-5-6-12-23(21)30-24;1-2-8-16-15(7-1)13-14-20-22-17-9-3-4-10-18(17)23-19-11-5-6-12-21(19)28-26(23)25(22)27-24(16)20;1-21(2)22(3,4)25-23(24-21)17-13-19-20(15-10-6-5-9-14(15)17)16-11-7-8-12-18(16)26-19;1-4-10-16(11-5-1)19(17-12-6-2-7-13-17)18-14-8-3-9-15-18;11-9-6-5-7-3-1-2-4-8(7)10(9)12(13)14/h1-15H;1-14,27H;5-13H,1-4H3;1-15H;1-6H. The molecule has 0 amide bonds. The van der Waals surface area contributed by atoms with E-state index in [0.717, 1.165) is 37.3 Å². The lowest BCUT2D eigenvalue weighted by molar-refractivity contribution is -0.383. The Morgan fingerprint density at radius 3 is 1.21 bits per heavy atom. The van der Waals surface area contributed by atoms with E-state index in [-0.39, 0.29) is 39.5 Å². The van der Waals surface area contributed by atoms with Crippen molar-refractivity contribution in [1.82, 2.24) is 4.98 Å². The first kappa shape index (κ1) is 74.8. The molecule has 0 spiro atoms. The number of aromatic amines is 1. The van der Waals surface area contributed by atoms with E-state index in [9.17, 15) is 20.2 Å². The molecule has 23 rings (SSSR count). The largest absolute Gasteiger partial charge is 0.495 e. The Morgan fingerprint density at radius 2 is 0.692 bits per heavy atom. The van der Waals surface area contributed by atoms with Crippen LogP contribution in [-0.2, 0) is 9.31 Å². The van der Waals surface area contributed by atoms with Gasteiger partial charge in [-0.1, -0.05) is 303 Å². The second-order valence-electron chi connectivity index (χ2n) is 30.1. The van der Waals surface area contributed by atoms with Gasteiger partial charge in [-0.2, -0.15) is 0 Å². The summed E-state index contributed by atoms with van der Waals surface area (Å²) in [6, 6.07) is 124. The summed E-state index contributed by atoms with van der Waals surface area (Å²) in [5.41, 5.74) is 4.81. The maximum Gasteiger partial charge on any atom is 0.495 e. The number of nitrogens with one attached hydrogen (secondary N) is 1. The van der Waals surface area contributed by atoms with E-state index < -0.39 is 7.92 Å². The lowest BCUT2D eigenvalue weighted by Crippen LogP contribution is -2.41. The van der Waals surface area contributed by atoms with Gasteiger partial charge in [0.2, 0.25) is 0 Å². The molecule has 0 aliphatic carbocycles. The average Bonchev–Trinajstić information content (AvgIpc) is 1.57. The molecule has 0 unspecified atom stereocenters. The van der Waals surface area contributed by atoms with Gasteiger partial charge in [-0.25, -0.2) is 0 Å². The molecule has 117 heavy (non-hydrogen) atoms. The molecule has 0 radical (unpaired) electrons. The van der Waals surface area contributed by atoms with Crippen LogP contribution in [0.25, 0.3) is 158 Å². The molecule has 564 valence electrons. The molecule has 18 aromatic carbocycles. The van der Waals surface area contributed by atoms with Crippen LogP contribution in [0, 0.1) is 20.2 Å². The van der Waals surface area contributed by atoms with Crippen molar-refractivity contribution in [3.05, 3.63) is 383 Å². The Bertz CT molecular complexity index is 7550. The van der Waals surface area contributed by atoms with E-state index in [2.05, 4.69) is 322 Å². The molecule has 22 aromatic rings. The topological polar surface area (TPSA) is 121 Å². The minimum Gasteiger partial charge on any atom is -0.399 e. The van der Waals surface area contributed by atoms with Gasteiger partial charge in [0.15, 0.2) is 0 Å². The molecule has 1 N–H and O–H groups in total. The van der Waals surface area contributed by atoms with Crippen LogP contribution in [0.5, 0.6) is 0 Å². The van der Waals surface area contributed by atoms with Gasteiger partial charge in [0.1, 0.15) is 0 Å². The molecular formula is C102H72BBrN3O6PS3. The van der Waals surface area contributed by atoms with Gasteiger partial charge in [-0.15, -0.1) is 34.0 Å². The van der Waals surface area contributed by atoms with Gasteiger partial charge in [0, 0.05) is 72.0 Å². The second-order valence-corrected chi connectivity index (χ2v) is 36.4. The lowest BCUT2D eigenvalue weighted by Gasteiger charge is -2.32. The molecule has 1 saturated heterocycles. The molecule has 1 aliphatic heterocycles. The molecule has 5 heterocycles. The van der Waals surface area contributed by atoms with Crippen LogP contribution in [0.4, 0.5) is 11.4 Å². The SMILES string of the molecule is CC1(C)OB(c2cc3sc4ccccc4c3c3ccccc23)OC1(C)C.O=[N+]([O-])c1c(-c2cc3sc4ccccc4c3c3ccccc23)ccc2ccccc12.O=[N+]([O-])c1c(Br)ccc2ccccc12.c1ccc(P(c2ccccc2)c2ccccc2)cc1.c1ccc2c(c1)ccc1c2[nH]c2c3sc4ccccc4c3c3ccccc3c12. The number of nitrogens with zero attached hydrogens (tertiary/aromatic N) is 2. The summed E-state index contributed by atoms with van der Waals surface area (Å²) in [6.45, 7) is 8.42. The van der Waals surface area contributed by atoms with Gasteiger partial charge in [-0.05, 0) is 182 Å². The highest BCUT2D eigenvalue weighted by Crippen LogP contribution is 2.50. The first-order valence-electron chi connectivity index (χ1n) is 38.7. The summed E-state index contributed by atoms with van der Waals surface area (Å²) in [5, 5.41) is 50.6. The summed E-state index contributed by atoms with van der Waals surface area (Å²) in [7, 11) is -0.794. The molecule has 0 saturated carbocycles. The Hall–Kier alpha value is -12.3. The Labute approximate surface area is 696 Å². The van der Waals surface area contributed by atoms with Crippen LogP contribution in [0.15, 0.2) is 362 Å². The summed E-state index contributed by atoms with van der Waals surface area (Å²) < 4.78 is 20.9. The van der Waals surface area contributed by atoms with Crippen LogP contribution >= 0.6 is 57.9 Å². The van der Waals surface area contributed by atoms with Crippen LogP contribution < -0.4 is 21.4 Å². The Balaban J connectivity index is 0.0000000995. The molecule has 1 fully saturated rings. The normalized spacial score (nSPS) is 13.1. The Morgan fingerprint density at radius 1 is 0.325 bits per heavy atom. The number of fused-ring (bicyclic) bond motifs is 24. The maximum atomic E-state index is 12.2. The number of hydrogen-bond acceptors (Lipinski definition) is 9. The second kappa shape index (κ2) is 31.0. The van der Waals surface area contributed by atoms with Crippen molar-refractivity contribution in [3.63, 3.8) is 0 Å². The monoisotopic (exact) mass is 1650 g/mol. The summed E-state index contributed by atoms with van der Waals surface area (Å²) >= 11 is 8.64. The molecule has 4 aromatic heterocycles. The predicted octanol–water partition coefficient (Wildman–Crippen LogP) is 28.4. The highest BCUT2D eigenvalue weighted by molar-refractivity contribution is 9.10. The molecular weight excluding hydrogens is 1580 g/mol. The van der Waals surface area contributed by atoms with Crippen LogP contribution in [0.2, 0.25) is 0 Å². The minimum atomic E-state index is -0.446. The van der Waals surface area contributed by atoms with Crippen molar-refractivity contribution in [2.75, 3.05) is 0 Å². The highest BCUT2D eigenvalue weighted by atomic mass is 79.9. The number of nitro groups is 2. The van der Waals surface area contributed by atoms with Crippen molar-refractivity contribution in [1.29, 1.82) is 0 Å². The van der Waals surface area contributed by atoms with Gasteiger partial charge in [-0.3, -0.25) is 20.2 Å². The quantitative estimate of drug-likeness (QED) is 0.0734. The molecule has 15 heteroatoms. The molecule has 9 nitrogen and oxygen atoms in total. The van der Waals surface area contributed by atoms with Crippen molar-refractivity contribution in [3.8, 4) is 11.1 Å². The van der Waals surface area contributed by atoms with E-state index in [1.54, 1.807) is 29.5 Å². The number of nitro benzene ring substituents is 2. The zero-order valence-corrected chi connectivity index (χ0v) is 69.0. The fourth-order valence-electron chi connectivity index (χ4n) is 16.6. The van der Waals surface area contributed by atoms with Crippen LogP contribution in [-0.4, -0.2) is 33.2 Å². The first-order valence-corrected chi connectivity index (χ1v) is 43.3. The minimum absolute atomic E-state index is 0.128. The average molecular weight is 1650 g/mol. The number of H-pyrrole nitrogens is 1. The number of halogens is 1. The number of aromatic nitrogens is 1. The summed E-state index contributed by atoms with van der Waals surface area (Å²) in [4.78, 5) is 26.2. The van der Waals surface area contributed by atoms with Crippen molar-refractivity contribution < 1.29 is 19.2 Å². The summed E-state index contributed by atoms with van der Waals surface area (Å²) in [6.07, 6.45) is 0. The zero-order valence-electron chi connectivity index (χ0n) is 64.0. The van der Waals surface area contributed by atoms with Gasteiger partial charge >= 0.3 is 7.12 Å². The van der Waals surface area contributed by atoms with Gasteiger partial charge in [0.25, 0.3) is 11.4 Å².